The van der Waals surface area contributed by atoms with Gasteiger partial charge in [0.15, 0.2) is 17.6 Å². The second kappa shape index (κ2) is 6.45. The van der Waals surface area contributed by atoms with Crippen LogP contribution in [0.4, 0.5) is 0 Å². The van der Waals surface area contributed by atoms with Crippen molar-refractivity contribution in [3.05, 3.63) is 24.3 Å². The molecule has 1 saturated heterocycles. The number of rotatable bonds is 4. The molecule has 104 valence electrons. The minimum Gasteiger partial charge on any atom is -0.493 e. The first kappa shape index (κ1) is 13.7. The second-order valence-electron chi connectivity index (χ2n) is 4.80. The molecule has 19 heavy (non-hydrogen) atoms. The van der Waals surface area contributed by atoms with E-state index < -0.39 is 6.10 Å². The Kier molecular flexibility index (Phi) is 4.66. The quantitative estimate of drug-likeness (QED) is 0.837. The van der Waals surface area contributed by atoms with Crippen molar-refractivity contribution in [2.24, 2.45) is 0 Å². The van der Waals surface area contributed by atoms with Crippen molar-refractivity contribution in [2.45, 2.75) is 32.3 Å². The van der Waals surface area contributed by atoms with E-state index in [9.17, 15) is 4.79 Å². The molecular formula is C15H21NO3. The zero-order valence-electron chi connectivity index (χ0n) is 11.6. The summed E-state index contributed by atoms with van der Waals surface area (Å²) in [6.45, 7) is 3.49. The van der Waals surface area contributed by atoms with Crippen molar-refractivity contribution in [3.8, 4) is 11.5 Å². The third kappa shape index (κ3) is 3.40. The fourth-order valence-electron chi connectivity index (χ4n) is 2.33. The Bertz CT molecular complexity index is 427. The maximum Gasteiger partial charge on any atom is 0.263 e. The molecule has 1 fully saturated rings. The lowest BCUT2D eigenvalue weighted by Crippen LogP contribution is -2.43. The number of nitrogens with zero attached hydrogens (tertiary/aromatic N) is 1. The molecule has 0 radical (unpaired) electrons. The number of amides is 1. The standard InChI is InChI=1S/C15H21NO3/c1-12(15(17)16-10-6-3-7-11-16)19-14-9-5-4-8-13(14)18-2/h4-5,8-9,12H,3,6-7,10-11H2,1-2H3. The number of hydrogen-bond acceptors (Lipinski definition) is 3. The zero-order chi connectivity index (χ0) is 13.7. The van der Waals surface area contributed by atoms with Crippen LogP contribution in [0.3, 0.4) is 0 Å². The fraction of sp³-hybridized carbons (Fsp3) is 0.533. The average Bonchev–Trinajstić information content (AvgIpc) is 2.48. The molecule has 0 aromatic heterocycles. The van der Waals surface area contributed by atoms with Gasteiger partial charge in [0.05, 0.1) is 7.11 Å². The normalized spacial score (nSPS) is 16.8. The Morgan fingerprint density at radius 2 is 1.79 bits per heavy atom. The van der Waals surface area contributed by atoms with Crippen molar-refractivity contribution in [1.82, 2.24) is 4.90 Å². The smallest absolute Gasteiger partial charge is 0.263 e. The molecule has 1 atom stereocenters. The average molecular weight is 263 g/mol. The van der Waals surface area contributed by atoms with Gasteiger partial charge in [0.1, 0.15) is 0 Å². The maximum atomic E-state index is 12.3. The van der Waals surface area contributed by atoms with Gasteiger partial charge in [-0.1, -0.05) is 12.1 Å². The number of carbonyl (C=O) groups is 1. The molecule has 2 rings (SSSR count). The number of benzene rings is 1. The number of methoxy groups -OCH3 is 1. The molecule has 4 heteroatoms. The van der Waals surface area contributed by atoms with Gasteiger partial charge < -0.3 is 14.4 Å². The Morgan fingerprint density at radius 1 is 1.16 bits per heavy atom. The van der Waals surface area contributed by atoms with Gasteiger partial charge in [-0.15, -0.1) is 0 Å². The minimum atomic E-state index is -0.477. The van der Waals surface area contributed by atoms with E-state index in [1.54, 1.807) is 14.0 Å². The molecule has 0 aliphatic carbocycles. The van der Waals surface area contributed by atoms with Crippen molar-refractivity contribution >= 4 is 5.91 Å². The van der Waals surface area contributed by atoms with Crippen LogP contribution in [-0.2, 0) is 4.79 Å². The molecule has 1 aliphatic rings. The third-order valence-corrected chi connectivity index (χ3v) is 3.39. The highest BCUT2D eigenvalue weighted by atomic mass is 16.5. The summed E-state index contributed by atoms with van der Waals surface area (Å²) in [6, 6.07) is 7.39. The molecule has 1 aromatic rings. The van der Waals surface area contributed by atoms with E-state index in [-0.39, 0.29) is 5.91 Å². The lowest BCUT2D eigenvalue weighted by Gasteiger charge is -2.29. The largest absolute Gasteiger partial charge is 0.493 e. The van der Waals surface area contributed by atoms with Crippen molar-refractivity contribution in [3.63, 3.8) is 0 Å². The van der Waals surface area contributed by atoms with Crippen LogP contribution in [-0.4, -0.2) is 37.1 Å². The lowest BCUT2D eigenvalue weighted by molar-refractivity contribution is -0.138. The van der Waals surface area contributed by atoms with E-state index in [1.807, 2.05) is 29.2 Å². The first-order valence-corrected chi connectivity index (χ1v) is 6.81. The van der Waals surface area contributed by atoms with Gasteiger partial charge in [0.2, 0.25) is 0 Å². The third-order valence-electron chi connectivity index (χ3n) is 3.39. The van der Waals surface area contributed by atoms with Gasteiger partial charge in [-0.25, -0.2) is 0 Å². The highest BCUT2D eigenvalue weighted by molar-refractivity contribution is 5.81. The molecule has 0 N–H and O–H groups in total. The van der Waals surface area contributed by atoms with E-state index in [4.69, 9.17) is 9.47 Å². The Hall–Kier alpha value is -1.71. The van der Waals surface area contributed by atoms with Crippen LogP contribution in [0, 0.1) is 0 Å². The van der Waals surface area contributed by atoms with Crippen LogP contribution >= 0.6 is 0 Å². The molecule has 0 saturated carbocycles. The summed E-state index contributed by atoms with van der Waals surface area (Å²) in [7, 11) is 1.60. The Morgan fingerprint density at radius 3 is 2.42 bits per heavy atom. The van der Waals surface area contributed by atoms with Crippen LogP contribution < -0.4 is 9.47 Å². The van der Waals surface area contributed by atoms with E-state index in [1.165, 1.54) is 6.42 Å². The molecule has 1 unspecified atom stereocenters. The van der Waals surface area contributed by atoms with Crippen LogP contribution in [0.5, 0.6) is 11.5 Å². The lowest BCUT2D eigenvalue weighted by atomic mass is 10.1. The number of likely N-dealkylation sites (tertiary alicyclic amines) is 1. The molecule has 4 nitrogen and oxygen atoms in total. The summed E-state index contributed by atoms with van der Waals surface area (Å²) in [4.78, 5) is 14.2. The van der Waals surface area contributed by atoms with E-state index in [0.29, 0.717) is 11.5 Å². The molecule has 0 spiro atoms. The number of hydrogen-bond donors (Lipinski definition) is 0. The molecule has 0 bridgehead atoms. The summed E-state index contributed by atoms with van der Waals surface area (Å²) < 4.78 is 11.0. The fourth-order valence-corrected chi connectivity index (χ4v) is 2.33. The topological polar surface area (TPSA) is 38.8 Å². The summed E-state index contributed by atoms with van der Waals surface area (Å²) >= 11 is 0. The van der Waals surface area contributed by atoms with Gasteiger partial charge in [0, 0.05) is 13.1 Å². The number of carbonyl (C=O) groups excluding carboxylic acids is 1. The van der Waals surface area contributed by atoms with E-state index in [0.717, 1.165) is 25.9 Å². The van der Waals surface area contributed by atoms with Gasteiger partial charge in [-0.3, -0.25) is 4.79 Å². The van der Waals surface area contributed by atoms with Crippen molar-refractivity contribution in [1.29, 1.82) is 0 Å². The summed E-state index contributed by atoms with van der Waals surface area (Å²) in [5, 5.41) is 0. The zero-order valence-corrected chi connectivity index (χ0v) is 11.6. The molecule has 1 aliphatic heterocycles. The van der Waals surface area contributed by atoms with Crippen LogP contribution in [0.25, 0.3) is 0 Å². The first-order chi connectivity index (χ1) is 9.22. The highest BCUT2D eigenvalue weighted by Gasteiger charge is 2.24. The SMILES string of the molecule is COc1ccccc1OC(C)C(=O)N1CCCCC1. The molecule has 1 aromatic carbocycles. The Balaban J connectivity index is 1.99. The van der Waals surface area contributed by atoms with Crippen LogP contribution in [0.1, 0.15) is 26.2 Å². The van der Waals surface area contributed by atoms with Gasteiger partial charge in [0.25, 0.3) is 5.91 Å². The predicted octanol–water partition coefficient (Wildman–Crippen LogP) is 2.48. The predicted molar refractivity (Wildman–Crippen MR) is 73.5 cm³/mol. The van der Waals surface area contributed by atoms with E-state index >= 15 is 0 Å². The molecule has 1 amide bonds. The number of para-hydroxylation sites is 2. The Labute approximate surface area is 114 Å². The second-order valence-corrected chi connectivity index (χ2v) is 4.80. The van der Waals surface area contributed by atoms with Crippen LogP contribution in [0.2, 0.25) is 0 Å². The maximum absolute atomic E-state index is 12.3. The monoisotopic (exact) mass is 263 g/mol. The molecular weight excluding hydrogens is 242 g/mol. The summed E-state index contributed by atoms with van der Waals surface area (Å²) in [6.07, 6.45) is 2.92. The van der Waals surface area contributed by atoms with Gasteiger partial charge in [-0.2, -0.15) is 0 Å². The first-order valence-electron chi connectivity index (χ1n) is 6.81. The van der Waals surface area contributed by atoms with Crippen LogP contribution in [0.15, 0.2) is 24.3 Å². The highest BCUT2D eigenvalue weighted by Crippen LogP contribution is 2.27. The summed E-state index contributed by atoms with van der Waals surface area (Å²) in [5.41, 5.74) is 0. The van der Waals surface area contributed by atoms with Gasteiger partial charge >= 0.3 is 0 Å². The number of ether oxygens (including phenoxy) is 2. The molecule has 1 heterocycles. The van der Waals surface area contributed by atoms with Gasteiger partial charge in [-0.05, 0) is 38.3 Å². The number of piperidine rings is 1. The van der Waals surface area contributed by atoms with E-state index in [2.05, 4.69) is 0 Å². The minimum absolute atomic E-state index is 0.0607. The van der Waals surface area contributed by atoms with Crippen molar-refractivity contribution in [2.75, 3.05) is 20.2 Å². The summed E-state index contributed by atoms with van der Waals surface area (Å²) in [5.74, 6) is 1.33. The van der Waals surface area contributed by atoms with Crippen molar-refractivity contribution < 1.29 is 14.3 Å².